The molecule has 7 unspecified atom stereocenters. The number of hydrogen-bond acceptors (Lipinski definition) is 9. The number of H-pyrrole nitrogens is 1. The van der Waals surface area contributed by atoms with Crippen LogP contribution in [0.25, 0.3) is 0 Å². The van der Waals surface area contributed by atoms with Crippen molar-refractivity contribution in [3.05, 3.63) is 68.6 Å². The summed E-state index contributed by atoms with van der Waals surface area (Å²) in [4.78, 5) is 68.1. The van der Waals surface area contributed by atoms with Gasteiger partial charge in [-0.15, -0.1) is 11.8 Å². The van der Waals surface area contributed by atoms with Crippen molar-refractivity contribution < 1.29 is 34.1 Å². The smallest absolute Gasteiger partial charge is 0.326 e. The number of aliphatic carboxylic acids is 1. The molecule has 11 nitrogen and oxygen atoms in total. The molecule has 4 aliphatic rings. The van der Waals surface area contributed by atoms with Gasteiger partial charge in [0.15, 0.2) is 6.61 Å². The molecule has 2 bridgehead atoms. The summed E-state index contributed by atoms with van der Waals surface area (Å²) in [7, 11) is 0. The fourth-order valence-corrected chi connectivity index (χ4v) is 10.5. The molecule has 2 aliphatic carbocycles. The van der Waals surface area contributed by atoms with Crippen LogP contribution in [0.4, 0.5) is 5.69 Å². The molecule has 7 rings (SSSR count). The van der Waals surface area contributed by atoms with E-state index in [1.807, 2.05) is 12.1 Å². The first kappa shape index (κ1) is 27.7. The van der Waals surface area contributed by atoms with E-state index >= 15 is 0 Å². The van der Waals surface area contributed by atoms with Crippen LogP contribution >= 0.6 is 23.1 Å². The predicted octanol–water partition coefficient (Wildman–Crippen LogP) is 3.11. The molecule has 13 heteroatoms. The van der Waals surface area contributed by atoms with Gasteiger partial charge in [-0.25, -0.2) is 4.79 Å². The Labute approximate surface area is 253 Å². The highest BCUT2D eigenvalue weighted by atomic mass is 32.2. The van der Waals surface area contributed by atoms with Crippen LogP contribution in [0.5, 0.6) is 11.5 Å². The highest BCUT2D eigenvalue weighted by Gasteiger charge is 2.70. The molecule has 222 valence electrons. The number of carboxylic acid groups (broad SMARTS) is 1. The van der Waals surface area contributed by atoms with Crippen LogP contribution in [0.3, 0.4) is 0 Å². The number of carboxylic acids is 1. The predicted molar refractivity (Wildman–Crippen MR) is 156 cm³/mol. The number of aromatic nitrogens is 1. The van der Waals surface area contributed by atoms with E-state index in [0.717, 1.165) is 31.7 Å². The van der Waals surface area contributed by atoms with Crippen LogP contribution in [-0.4, -0.2) is 61.7 Å². The number of phenolic OH excluding ortho intramolecular Hbond substituents is 1. The monoisotopic (exact) mass is 621 g/mol. The Kier molecular flexibility index (Phi) is 6.62. The number of benzene rings is 2. The number of thiazole rings is 1. The number of hydrogen-bond donors (Lipinski definition) is 4. The third-order valence-electron chi connectivity index (χ3n) is 9.26. The van der Waals surface area contributed by atoms with Crippen molar-refractivity contribution in [2.45, 2.75) is 35.6 Å². The fourth-order valence-electron chi connectivity index (χ4n) is 7.57. The molecule has 2 saturated carbocycles. The van der Waals surface area contributed by atoms with E-state index in [9.17, 15) is 34.2 Å². The number of likely N-dealkylation sites (tertiary alicyclic amines) is 1. The number of aromatic hydroxyl groups is 1. The van der Waals surface area contributed by atoms with Gasteiger partial charge in [0.05, 0.1) is 16.9 Å². The number of thioether (sulfide) groups is 1. The topological polar surface area (TPSA) is 166 Å². The molecule has 1 saturated heterocycles. The van der Waals surface area contributed by atoms with E-state index in [1.54, 1.807) is 36.0 Å². The summed E-state index contributed by atoms with van der Waals surface area (Å²) < 4.78 is 5.70. The largest absolute Gasteiger partial charge is 0.508 e. The zero-order valence-corrected chi connectivity index (χ0v) is 24.4. The van der Waals surface area contributed by atoms with Crippen LogP contribution < -0.4 is 14.9 Å². The Hall–Kier alpha value is -4.10. The number of carbonyl (C=O) groups is 4. The van der Waals surface area contributed by atoms with Crippen molar-refractivity contribution >= 4 is 52.5 Å². The first-order valence-corrected chi connectivity index (χ1v) is 15.6. The van der Waals surface area contributed by atoms with Gasteiger partial charge in [0, 0.05) is 21.7 Å². The maximum atomic E-state index is 13.5. The number of amides is 3. The third kappa shape index (κ3) is 4.44. The molecule has 3 amide bonds. The van der Waals surface area contributed by atoms with Crippen LogP contribution in [0.15, 0.2) is 58.4 Å². The quantitative estimate of drug-likeness (QED) is 0.229. The molecule has 43 heavy (non-hydrogen) atoms. The normalized spacial score (nSPS) is 29.1. The Balaban J connectivity index is 1.13. The number of ether oxygens (including phenoxy) is 1. The van der Waals surface area contributed by atoms with Gasteiger partial charge in [-0.1, -0.05) is 23.5 Å². The first-order chi connectivity index (χ1) is 20.6. The summed E-state index contributed by atoms with van der Waals surface area (Å²) in [5.74, 6) is -3.31. The Morgan fingerprint density at radius 2 is 1.72 bits per heavy atom. The molecule has 2 aliphatic heterocycles. The summed E-state index contributed by atoms with van der Waals surface area (Å²) in [6, 6.07) is 12.2. The van der Waals surface area contributed by atoms with E-state index in [2.05, 4.69) is 10.3 Å². The van der Waals surface area contributed by atoms with Crippen molar-refractivity contribution in [3.63, 3.8) is 0 Å². The highest BCUT2D eigenvalue weighted by Crippen LogP contribution is 2.68. The van der Waals surface area contributed by atoms with E-state index in [0.29, 0.717) is 17.9 Å². The second kappa shape index (κ2) is 10.3. The minimum atomic E-state index is -1.22. The second-order valence-corrected chi connectivity index (χ2v) is 13.7. The molecule has 8 atom stereocenters. The summed E-state index contributed by atoms with van der Waals surface area (Å²) in [5, 5.41) is 22.4. The molecule has 4 N–H and O–H groups in total. The summed E-state index contributed by atoms with van der Waals surface area (Å²) in [5.41, 5.74) is 1.47. The first-order valence-electron chi connectivity index (χ1n) is 13.9. The molecule has 3 heterocycles. The average Bonchev–Trinajstić information content (AvgIpc) is 3.72. The van der Waals surface area contributed by atoms with Gasteiger partial charge in [-0.3, -0.25) is 24.1 Å². The number of fused-ring (bicyclic) bond motifs is 9. The van der Waals surface area contributed by atoms with Crippen molar-refractivity contribution in [2.75, 3.05) is 11.9 Å². The number of nitrogens with zero attached hydrogens (tertiary/aromatic N) is 1. The number of aromatic amines is 1. The van der Waals surface area contributed by atoms with E-state index in [-0.39, 0.29) is 52.1 Å². The lowest BCUT2D eigenvalue weighted by Gasteiger charge is -2.43. The zero-order valence-electron chi connectivity index (χ0n) is 22.8. The fraction of sp³-hybridized carbons (Fsp3) is 0.367. The van der Waals surface area contributed by atoms with E-state index in [4.69, 9.17) is 4.74 Å². The summed E-state index contributed by atoms with van der Waals surface area (Å²) in [6.07, 6.45) is 0.706. The number of rotatable bonds is 7. The lowest BCUT2D eigenvalue weighted by atomic mass is 9.68. The van der Waals surface area contributed by atoms with Crippen LogP contribution in [-0.2, 0) is 19.2 Å². The molecule has 0 radical (unpaired) electrons. The van der Waals surface area contributed by atoms with Crippen LogP contribution in [0.1, 0.15) is 29.7 Å². The van der Waals surface area contributed by atoms with Gasteiger partial charge < -0.3 is 25.3 Å². The van der Waals surface area contributed by atoms with Gasteiger partial charge in [0.25, 0.3) is 5.91 Å². The minimum absolute atomic E-state index is 0.00893. The Morgan fingerprint density at radius 1 is 1.05 bits per heavy atom. The Bertz CT molecular complexity index is 1700. The van der Waals surface area contributed by atoms with E-state index < -0.39 is 35.7 Å². The van der Waals surface area contributed by atoms with Crippen LogP contribution in [0.2, 0.25) is 0 Å². The lowest BCUT2D eigenvalue weighted by molar-refractivity contribution is -0.154. The standard InChI is InChI=1S/C30H27N3O8S2/c1-12(29(38)39)33-27(36)22-17-10-18(23(22)28(33)37)24-21(17)20(25-26(42-24)32-30(40)43-25)13-2-8-16(9-3-13)41-11-19(35)31-14-4-6-15(34)7-5-14/h2-9,12,17-18,20-24,34H,10-11H2,1H3,(H,31,35)(H,32,40)(H,38,39)/t12?,17?,18?,20-,21?,22?,23?,24?/m1/s1. The number of carbonyl (C=O) groups excluding carboxylic acids is 3. The van der Waals surface area contributed by atoms with Crippen molar-refractivity contribution in [1.29, 1.82) is 0 Å². The summed E-state index contributed by atoms with van der Waals surface area (Å²) in [6.45, 7) is 1.15. The number of phenols is 1. The molecular weight excluding hydrogens is 594 g/mol. The van der Waals surface area contributed by atoms with Crippen molar-refractivity contribution in [3.8, 4) is 11.5 Å². The van der Waals surface area contributed by atoms with Gasteiger partial charge in [0.1, 0.15) is 17.5 Å². The van der Waals surface area contributed by atoms with Gasteiger partial charge in [0.2, 0.25) is 11.8 Å². The van der Waals surface area contributed by atoms with E-state index in [1.165, 1.54) is 19.1 Å². The maximum Gasteiger partial charge on any atom is 0.326 e. The molecule has 3 fully saturated rings. The lowest BCUT2D eigenvalue weighted by Crippen LogP contribution is -2.44. The maximum absolute atomic E-state index is 13.5. The molecule has 0 spiro atoms. The van der Waals surface area contributed by atoms with Crippen LogP contribution in [0, 0.1) is 29.6 Å². The number of imide groups is 1. The SMILES string of the molecule is CC(C(=O)O)N1C(=O)C2C3CC(C2C1=O)C1C3Sc2[nH]c(=O)sc2[C@@H]1c1ccc(OCC(=O)Nc2ccc(O)cc2)cc1. The van der Waals surface area contributed by atoms with Gasteiger partial charge in [-0.05, 0) is 73.1 Å². The number of anilines is 1. The van der Waals surface area contributed by atoms with Gasteiger partial charge >= 0.3 is 10.8 Å². The molecule has 1 aromatic heterocycles. The molecule has 3 aromatic rings. The zero-order chi connectivity index (χ0) is 30.2. The minimum Gasteiger partial charge on any atom is -0.508 e. The average molecular weight is 622 g/mol. The Morgan fingerprint density at radius 3 is 2.40 bits per heavy atom. The summed E-state index contributed by atoms with van der Waals surface area (Å²) >= 11 is 2.72. The van der Waals surface area contributed by atoms with Crippen molar-refractivity contribution in [2.24, 2.45) is 29.6 Å². The van der Waals surface area contributed by atoms with Crippen molar-refractivity contribution in [1.82, 2.24) is 9.88 Å². The van der Waals surface area contributed by atoms with Gasteiger partial charge in [-0.2, -0.15) is 0 Å². The highest BCUT2D eigenvalue weighted by molar-refractivity contribution is 8.00. The number of nitrogens with one attached hydrogen (secondary N) is 2. The molecule has 2 aromatic carbocycles. The second-order valence-electron chi connectivity index (χ2n) is 11.5. The molecular formula is C30H27N3O8S2. The third-order valence-corrected chi connectivity index (χ3v) is 11.9.